The first-order chi connectivity index (χ1) is 15.5. The molecule has 6 nitrogen and oxygen atoms in total. The van der Waals surface area contributed by atoms with Crippen LogP contribution in [0.4, 0.5) is 5.69 Å². The third kappa shape index (κ3) is 4.86. The average molecular weight is 435 g/mol. The van der Waals surface area contributed by atoms with Gasteiger partial charge in [-0.3, -0.25) is 9.59 Å². The lowest BCUT2D eigenvalue weighted by Crippen LogP contribution is -2.39. The Morgan fingerprint density at radius 2 is 1.84 bits per heavy atom. The molecular formula is C26H30N2O4. The number of para-hydroxylation sites is 1. The number of aromatic nitrogens is 1. The Labute approximate surface area is 187 Å². The monoisotopic (exact) mass is 434 g/mol. The van der Waals surface area contributed by atoms with Crippen LogP contribution >= 0.6 is 0 Å². The molecule has 1 fully saturated rings. The molecule has 4 rings (SSSR count). The van der Waals surface area contributed by atoms with E-state index in [4.69, 9.17) is 4.74 Å². The molecule has 32 heavy (non-hydrogen) atoms. The number of hydrogen-bond acceptors (Lipinski definition) is 4. The number of carbonyl (C=O) groups is 1. The highest BCUT2D eigenvalue weighted by atomic mass is 16.5. The van der Waals surface area contributed by atoms with Crippen molar-refractivity contribution in [1.82, 2.24) is 4.57 Å². The zero-order valence-electron chi connectivity index (χ0n) is 18.5. The number of amides is 1. The van der Waals surface area contributed by atoms with Crippen molar-refractivity contribution in [2.75, 3.05) is 11.9 Å². The van der Waals surface area contributed by atoms with Gasteiger partial charge in [0, 0.05) is 28.2 Å². The second-order valence-corrected chi connectivity index (χ2v) is 8.57. The molecule has 0 spiro atoms. The Balaban J connectivity index is 1.56. The summed E-state index contributed by atoms with van der Waals surface area (Å²) in [4.78, 5) is 25.9. The van der Waals surface area contributed by atoms with Gasteiger partial charge in [-0.2, -0.15) is 0 Å². The number of anilines is 1. The topological polar surface area (TPSA) is 80.6 Å². The Bertz CT molecular complexity index is 1160. The van der Waals surface area contributed by atoms with Gasteiger partial charge in [0.2, 0.25) is 5.91 Å². The van der Waals surface area contributed by atoms with Gasteiger partial charge >= 0.3 is 0 Å². The molecule has 1 aliphatic rings. The maximum atomic E-state index is 13.1. The molecule has 168 valence electrons. The van der Waals surface area contributed by atoms with Crippen molar-refractivity contribution in [1.29, 1.82) is 0 Å². The van der Waals surface area contributed by atoms with Crippen LogP contribution in [-0.2, 0) is 17.8 Å². The van der Waals surface area contributed by atoms with Gasteiger partial charge in [-0.05, 0) is 44.0 Å². The number of carbonyl (C=O) groups excluding carboxylic acids is 1. The number of benzene rings is 2. The van der Waals surface area contributed by atoms with E-state index in [0.717, 1.165) is 37.7 Å². The van der Waals surface area contributed by atoms with Crippen LogP contribution in [-0.4, -0.2) is 27.8 Å². The summed E-state index contributed by atoms with van der Waals surface area (Å²) in [5.74, 6) is 0.525. The van der Waals surface area contributed by atoms with E-state index in [1.165, 1.54) is 0 Å². The molecule has 0 unspecified atom stereocenters. The second kappa shape index (κ2) is 9.57. The molecule has 1 amide bonds. The van der Waals surface area contributed by atoms with E-state index in [0.29, 0.717) is 35.4 Å². The van der Waals surface area contributed by atoms with Crippen LogP contribution < -0.4 is 15.6 Å². The number of aliphatic hydroxyl groups is 1. The molecule has 3 aromatic rings. The summed E-state index contributed by atoms with van der Waals surface area (Å²) < 4.78 is 7.21. The van der Waals surface area contributed by atoms with E-state index >= 15 is 0 Å². The van der Waals surface area contributed by atoms with E-state index in [-0.39, 0.29) is 17.9 Å². The average Bonchev–Trinajstić information content (AvgIpc) is 2.78. The molecule has 1 saturated carbocycles. The molecule has 2 N–H and O–H groups in total. The summed E-state index contributed by atoms with van der Waals surface area (Å²) in [5.41, 5.74) is 0.437. The smallest absolute Gasteiger partial charge is 0.258 e. The minimum atomic E-state index is -0.824. The van der Waals surface area contributed by atoms with Gasteiger partial charge < -0.3 is 19.7 Å². The molecule has 0 radical (unpaired) electrons. The number of nitrogens with zero attached hydrogens (tertiary/aromatic N) is 1. The molecule has 1 heterocycles. The lowest BCUT2D eigenvalue weighted by atomic mass is 9.85. The molecule has 1 aliphatic carbocycles. The van der Waals surface area contributed by atoms with Crippen LogP contribution in [0.5, 0.6) is 5.75 Å². The van der Waals surface area contributed by atoms with Crippen molar-refractivity contribution in [3.63, 3.8) is 0 Å². The number of ether oxygens (including phenoxy) is 1. The molecule has 6 heteroatoms. The van der Waals surface area contributed by atoms with Gasteiger partial charge in [0.1, 0.15) is 5.75 Å². The molecule has 0 aliphatic heterocycles. The lowest BCUT2D eigenvalue weighted by Gasteiger charge is -2.32. The molecule has 0 saturated heterocycles. The van der Waals surface area contributed by atoms with Crippen LogP contribution in [0.2, 0.25) is 0 Å². The van der Waals surface area contributed by atoms with E-state index in [2.05, 4.69) is 5.32 Å². The van der Waals surface area contributed by atoms with Crippen LogP contribution in [0.1, 0.15) is 44.6 Å². The summed E-state index contributed by atoms with van der Waals surface area (Å²) >= 11 is 0. The fraction of sp³-hybridized carbons (Fsp3) is 0.385. The normalized spacial score (nSPS) is 15.4. The predicted octanol–water partition coefficient (Wildman–Crippen LogP) is 4.28. The summed E-state index contributed by atoms with van der Waals surface area (Å²) in [7, 11) is 0. The Morgan fingerprint density at radius 3 is 2.62 bits per heavy atom. The Morgan fingerprint density at radius 1 is 1.06 bits per heavy atom. The standard InChI is InChI=1S/C26H30N2O4/c1-2-32-23-12-5-4-9-19(23)17-24(29)27-22-11-8-10-21-20(22)13-16-28(25(21)30)18-26(31)14-6-3-7-15-26/h4-5,8-13,16,31H,2-3,6-7,14-15,17-18H2,1H3,(H,27,29). The summed E-state index contributed by atoms with van der Waals surface area (Å²) in [6, 6.07) is 14.7. The quantitative estimate of drug-likeness (QED) is 0.582. The van der Waals surface area contributed by atoms with Crippen LogP contribution in [0, 0.1) is 0 Å². The maximum absolute atomic E-state index is 13.1. The van der Waals surface area contributed by atoms with Crippen molar-refractivity contribution in [3.8, 4) is 5.75 Å². The number of pyridine rings is 1. The van der Waals surface area contributed by atoms with Gasteiger partial charge in [-0.25, -0.2) is 0 Å². The number of hydrogen-bond donors (Lipinski definition) is 2. The molecule has 0 atom stereocenters. The highest BCUT2D eigenvalue weighted by Gasteiger charge is 2.30. The molecule has 2 aromatic carbocycles. The van der Waals surface area contributed by atoms with Gasteiger partial charge in [0.25, 0.3) is 5.56 Å². The predicted molar refractivity (Wildman–Crippen MR) is 126 cm³/mol. The highest BCUT2D eigenvalue weighted by Crippen LogP contribution is 2.30. The van der Waals surface area contributed by atoms with E-state index < -0.39 is 5.60 Å². The van der Waals surface area contributed by atoms with Gasteiger partial charge in [0.05, 0.1) is 25.2 Å². The minimum absolute atomic E-state index is 0.153. The van der Waals surface area contributed by atoms with Crippen molar-refractivity contribution in [2.24, 2.45) is 0 Å². The Hall–Kier alpha value is -3.12. The molecule has 0 bridgehead atoms. The number of fused-ring (bicyclic) bond motifs is 1. The third-order valence-electron chi connectivity index (χ3n) is 6.17. The van der Waals surface area contributed by atoms with E-state index in [1.54, 1.807) is 29.0 Å². The Kier molecular flexibility index (Phi) is 6.61. The number of nitrogens with one attached hydrogen (secondary N) is 1. The first kappa shape index (κ1) is 22.1. The van der Waals surface area contributed by atoms with Crippen molar-refractivity contribution in [3.05, 3.63) is 70.6 Å². The van der Waals surface area contributed by atoms with Gasteiger partial charge in [0.15, 0.2) is 0 Å². The van der Waals surface area contributed by atoms with Gasteiger partial charge in [-0.15, -0.1) is 0 Å². The summed E-state index contributed by atoms with van der Waals surface area (Å²) in [6.45, 7) is 2.74. The molecular weight excluding hydrogens is 404 g/mol. The minimum Gasteiger partial charge on any atom is -0.494 e. The van der Waals surface area contributed by atoms with Crippen LogP contribution in [0.25, 0.3) is 10.8 Å². The largest absolute Gasteiger partial charge is 0.494 e. The van der Waals surface area contributed by atoms with E-state index in [9.17, 15) is 14.7 Å². The zero-order valence-corrected chi connectivity index (χ0v) is 18.5. The second-order valence-electron chi connectivity index (χ2n) is 8.57. The highest BCUT2D eigenvalue weighted by molar-refractivity contribution is 6.02. The summed E-state index contributed by atoms with van der Waals surface area (Å²) in [5, 5.41) is 15.0. The maximum Gasteiger partial charge on any atom is 0.258 e. The zero-order chi connectivity index (χ0) is 22.6. The van der Waals surface area contributed by atoms with Crippen LogP contribution in [0.15, 0.2) is 59.5 Å². The third-order valence-corrected chi connectivity index (χ3v) is 6.17. The number of rotatable bonds is 7. The van der Waals surface area contributed by atoms with Crippen molar-refractivity contribution < 1.29 is 14.6 Å². The van der Waals surface area contributed by atoms with Crippen LogP contribution in [0.3, 0.4) is 0 Å². The summed E-state index contributed by atoms with van der Waals surface area (Å²) in [6.07, 6.45) is 6.44. The molecule has 1 aromatic heterocycles. The first-order valence-corrected chi connectivity index (χ1v) is 11.3. The fourth-order valence-corrected chi connectivity index (χ4v) is 4.55. The van der Waals surface area contributed by atoms with E-state index in [1.807, 2.05) is 37.3 Å². The fourth-order valence-electron chi connectivity index (χ4n) is 4.55. The van der Waals surface area contributed by atoms with Crippen molar-refractivity contribution >= 4 is 22.4 Å². The lowest BCUT2D eigenvalue weighted by molar-refractivity contribution is -0.115. The SMILES string of the molecule is CCOc1ccccc1CC(=O)Nc1cccc2c(=O)n(CC3(O)CCCCC3)ccc12. The first-order valence-electron chi connectivity index (χ1n) is 11.3. The van der Waals surface area contributed by atoms with Crippen molar-refractivity contribution in [2.45, 2.75) is 57.6 Å². The van der Waals surface area contributed by atoms with Gasteiger partial charge in [-0.1, -0.05) is 43.5 Å².